The Morgan fingerprint density at radius 1 is 0.263 bits per heavy atom. The Kier molecular flexibility index (Phi) is 16.1. The van der Waals surface area contributed by atoms with Crippen LogP contribution >= 0.6 is 0 Å². The first kappa shape index (κ1) is 29.9. The van der Waals surface area contributed by atoms with E-state index in [0.29, 0.717) is 129 Å². The average Bonchev–Trinajstić information content (AvgIpc) is 2.94. The SMILES string of the molecule is c1ccc2c(c1)OCCOCCOCCOCCOCCOCCOCCOc1ccccc1OCCO2. The zero-order chi connectivity index (χ0) is 26.4. The quantitative estimate of drug-likeness (QED) is 0.500. The van der Waals surface area contributed by atoms with Gasteiger partial charge in [-0.3, -0.25) is 0 Å². The van der Waals surface area contributed by atoms with Crippen LogP contribution in [-0.2, 0) is 28.4 Å². The smallest absolute Gasteiger partial charge is 0.161 e. The van der Waals surface area contributed by atoms with E-state index in [4.69, 9.17) is 47.4 Å². The maximum atomic E-state index is 5.90. The van der Waals surface area contributed by atoms with E-state index in [1.165, 1.54) is 0 Å². The maximum Gasteiger partial charge on any atom is 0.161 e. The molecule has 0 saturated carbocycles. The minimum Gasteiger partial charge on any atom is -0.487 e. The van der Waals surface area contributed by atoms with Gasteiger partial charge < -0.3 is 47.4 Å². The number of para-hydroxylation sites is 4. The molecular formula is C28H40O10. The zero-order valence-electron chi connectivity index (χ0n) is 22.0. The molecule has 0 unspecified atom stereocenters. The van der Waals surface area contributed by atoms with Crippen LogP contribution in [0, 0.1) is 0 Å². The van der Waals surface area contributed by atoms with Crippen LogP contribution in [0.15, 0.2) is 48.5 Å². The molecule has 0 fully saturated rings. The number of rotatable bonds is 0. The predicted octanol–water partition coefficient (Wildman–Crippen LogP) is 3.02. The number of ether oxygens (including phenoxy) is 10. The minimum atomic E-state index is 0.348. The molecule has 0 saturated heterocycles. The van der Waals surface area contributed by atoms with Crippen LogP contribution in [0.5, 0.6) is 23.0 Å². The van der Waals surface area contributed by atoms with Crippen molar-refractivity contribution in [2.75, 3.05) is 106 Å². The van der Waals surface area contributed by atoms with Crippen LogP contribution in [0.25, 0.3) is 0 Å². The summed E-state index contributed by atoms with van der Waals surface area (Å²) in [6.07, 6.45) is 0. The molecule has 0 amide bonds. The number of benzene rings is 2. The second-order valence-corrected chi connectivity index (χ2v) is 7.96. The van der Waals surface area contributed by atoms with E-state index in [1.807, 2.05) is 48.5 Å². The summed E-state index contributed by atoms with van der Waals surface area (Å²) in [5.74, 6) is 2.61. The number of fused-ring (bicyclic) bond motifs is 2. The van der Waals surface area contributed by atoms with Crippen LogP contribution in [0.1, 0.15) is 0 Å². The fourth-order valence-electron chi connectivity index (χ4n) is 3.30. The summed E-state index contributed by atoms with van der Waals surface area (Å²) in [6.45, 7) is 7.41. The molecule has 0 aliphatic carbocycles. The van der Waals surface area contributed by atoms with Crippen molar-refractivity contribution < 1.29 is 47.4 Å². The molecule has 0 spiro atoms. The summed E-state index contributed by atoms with van der Waals surface area (Å²) in [5, 5.41) is 0. The Morgan fingerprint density at radius 3 is 0.684 bits per heavy atom. The number of hydrogen-bond donors (Lipinski definition) is 0. The summed E-state index contributed by atoms with van der Waals surface area (Å²) >= 11 is 0. The molecule has 0 aromatic heterocycles. The molecule has 1 aliphatic rings. The molecule has 0 N–H and O–H groups in total. The predicted molar refractivity (Wildman–Crippen MR) is 140 cm³/mol. The minimum absolute atomic E-state index is 0.348. The van der Waals surface area contributed by atoms with Gasteiger partial charge in [0.15, 0.2) is 23.0 Å². The van der Waals surface area contributed by atoms with Crippen molar-refractivity contribution in [1.29, 1.82) is 0 Å². The molecule has 212 valence electrons. The van der Waals surface area contributed by atoms with Crippen molar-refractivity contribution in [3.63, 3.8) is 0 Å². The van der Waals surface area contributed by atoms with Gasteiger partial charge in [0.05, 0.1) is 79.3 Å². The highest BCUT2D eigenvalue weighted by molar-refractivity contribution is 5.40. The van der Waals surface area contributed by atoms with Crippen LogP contribution < -0.4 is 18.9 Å². The molecule has 0 bridgehead atoms. The number of hydrogen-bond acceptors (Lipinski definition) is 10. The lowest BCUT2D eigenvalue weighted by Gasteiger charge is -2.15. The Morgan fingerprint density at radius 2 is 0.447 bits per heavy atom. The molecule has 0 atom stereocenters. The van der Waals surface area contributed by atoms with Crippen LogP contribution in [0.4, 0.5) is 0 Å². The van der Waals surface area contributed by atoms with Crippen molar-refractivity contribution in [1.82, 2.24) is 0 Å². The average molecular weight is 537 g/mol. The van der Waals surface area contributed by atoms with Crippen molar-refractivity contribution in [3.05, 3.63) is 48.5 Å². The molecule has 1 heterocycles. The van der Waals surface area contributed by atoms with E-state index in [2.05, 4.69) is 0 Å². The van der Waals surface area contributed by atoms with Crippen molar-refractivity contribution in [2.45, 2.75) is 0 Å². The molecule has 2 aromatic rings. The molecule has 0 radical (unpaired) electrons. The molecule has 3 rings (SSSR count). The fraction of sp³-hybridized carbons (Fsp3) is 0.571. The Balaban J connectivity index is 1.43. The van der Waals surface area contributed by atoms with Gasteiger partial charge in [-0.2, -0.15) is 0 Å². The van der Waals surface area contributed by atoms with Gasteiger partial charge in [0, 0.05) is 0 Å². The zero-order valence-corrected chi connectivity index (χ0v) is 22.0. The first-order chi connectivity index (χ1) is 18.9. The molecule has 38 heavy (non-hydrogen) atoms. The highest BCUT2D eigenvalue weighted by Gasteiger charge is 2.07. The van der Waals surface area contributed by atoms with Crippen molar-refractivity contribution in [2.24, 2.45) is 0 Å². The maximum absolute atomic E-state index is 5.90. The molecule has 10 heteroatoms. The van der Waals surface area contributed by atoms with Gasteiger partial charge in [-0.15, -0.1) is 0 Å². The first-order valence-corrected chi connectivity index (χ1v) is 13.1. The first-order valence-electron chi connectivity index (χ1n) is 13.1. The lowest BCUT2D eigenvalue weighted by atomic mass is 10.3. The van der Waals surface area contributed by atoms with E-state index >= 15 is 0 Å². The van der Waals surface area contributed by atoms with E-state index in [9.17, 15) is 0 Å². The van der Waals surface area contributed by atoms with Crippen LogP contribution in [-0.4, -0.2) is 106 Å². The highest BCUT2D eigenvalue weighted by Crippen LogP contribution is 2.28. The van der Waals surface area contributed by atoms with Crippen molar-refractivity contribution >= 4 is 0 Å². The summed E-state index contributed by atoms with van der Waals surface area (Å²) < 4.78 is 56.6. The topological polar surface area (TPSA) is 92.3 Å². The fourth-order valence-corrected chi connectivity index (χ4v) is 3.30. The Labute approximate surface area is 224 Å². The normalized spacial score (nSPS) is 19.2. The summed E-state index contributed by atoms with van der Waals surface area (Å²) in [4.78, 5) is 0. The molecule has 2 aromatic carbocycles. The van der Waals surface area contributed by atoms with Gasteiger partial charge in [-0.1, -0.05) is 24.3 Å². The summed E-state index contributed by atoms with van der Waals surface area (Å²) in [6, 6.07) is 15.1. The second-order valence-electron chi connectivity index (χ2n) is 7.96. The molecular weight excluding hydrogens is 496 g/mol. The molecule has 1 aliphatic heterocycles. The standard InChI is InChI=1S/C28H40O10/c1-3-7-27-25(5-1)35-21-19-33-17-15-31-13-11-29-9-10-30-12-14-32-16-18-34-20-22-36-26-6-2-4-8-28(26)38-24-23-37-27/h1-8H,9-24H2. The Hall–Kier alpha value is -2.60. The largest absolute Gasteiger partial charge is 0.487 e. The summed E-state index contributed by atoms with van der Waals surface area (Å²) in [7, 11) is 0. The molecule has 10 nitrogen and oxygen atoms in total. The van der Waals surface area contributed by atoms with Crippen LogP contribution in [0.3, 0.4) is 0 Å². The highest BCUT2D eigenvalue weighted by atomic mass is 16.6. The van der Waals surface area contributed by atoms with Crippen LogP contribution in [0.2, 0.25) is 0 Å². The monoisotopic (exact) mass is 536 g/mol. The lowest BCUT2D eigenvalue weighted by molar-refractivity contribution is -0.0188. The van der Waals surface area contributed by atoms with Gasteiger partial charge in [0.1, 0.15) is 26.4 Å². The van der Waals surface area contributed by atoms with Gasteiger partial charge >= 0.3 is 0 Å². The van der Waals surface area contributed by atoms with E-state index < -0.39 is 0 Å². The third-order valence-corrected chi connectivity index (χ3v) is 5.13. The van der Waals surface area contributed by atoms with Gasteiger partial charge in [-0.05, 0) is 24.3 Å². The van der Waals surface area contributed by atoms with E-state index in [-0.39, 0.29) is 0 Å². The third-order valence-electron chi connectivity index (χ3n) is 5.13. The second kappa shape index (κ2) is 20.4. The summed E-state index contributed by atoms with van der Waals surface area (Å²) in [5.41, 5.74) is 0. The van der Waals surface area contributed by atoms with E-state index in [0.717, 1.165) is 0 Å². The van der Waals surface area contributed by atoms with Crippen molar-refractivity contribution in [3.8, 4) is 23.0 Å². The Bertz CT molecular complexity index is 780. The van der Waals surface area contributed by atoms with Gasteiger partial charge in [-0.25, -0.2) is 0 Å². The van der Waals surface area contributed by atoms with E-state index in [1.54, 1.807) is 0 Å². The van der Waals surface area contributed by atoms with Gasteiger partial charge in [0.25, 0.3) is 0 Å². The third kappa shape index (κ3) is 13.3. The lowest BCUT2D eigenvalue weighted by Crippen LogP contribution is -2.15. The van der Waals surface area contributed by atoms with Gasteiger partial charge in [0.2, 0.25) is 0 Å².